The number of methoxy groups -OCH3 is 1. The van der Waals surface area contributed by atoms with Crippen LogP contribution >= 0.6 is 0 Å². The number of nitrogens with zero attached hydrogens (tertiary/aromatic N) is 2. The number of furan rings is 1. The summed E-state index contributed by atoms with van der Waals surface area (Å²) in [4.78, 5) is 34.8. The van der Waals surface area contributed by atoms with E-state index in [-0.39, 0.29) is 18.0 Å². The number of benzene rings is 2. The van der Waals surface area contributed by atoms with E-state index in [0.29, 0.717) is 28.4 Å². The number of ether oxygens (including phenoxy) is 1. The number of non-ortho nitro benzene ring substituents is 1. The minimum Gasteiger partial charge on any atom is -0.497 e. The number of hydrazone groups is 1. The van der Waals surface area contributed by atoms with Gasteiger partial charge in [0.1, 0.15) is 23.3 Å². The summed E-state index contributed by atoms with van der Waals surface area (Å²) in [5.74, 6) is 0.799. The number of nitro benzene ring substituents is 1. The van der Waals surface area contributed by atoms with E-state index >= 15 is 0 Å². The van der Waals surface area contributed by atoms with Crippen molar-refractivity contribution in [3.05, 3.63) is 81.6 Å². The second kappa shape index (κ2) is 10.9. The van der Waals surface area contributed by atoms with Gasteiger partial charge >= 0.3 is 0 Å². The topological polar surface area (TPSA) is 136 Å². The van der Waals surface area contributed by atoms with E-state index in [4.69, 9.17) is 9.15 Å². The zero-order valence-corrected chi connectivity index (χ0v) is 18.9. The summed E-state index contributed by atoms with van der Waals surface area (Å²) in [7, 11) is 1.56. The van der Waals surface area contributed by atoms with Gasteiger partial charge in [0.15, 0.2) is 0 Å². The molecule has 0 fully saturated rings. The smallest absolute Gasteiger partial charge is 0.269 e. The van der Waals surface area contributed by atoms with Gasteiger partial charge in [0.2, 0.25) is 5.91 Å². The molecule has 176 valence electrons. The van der Waals surface area contributed by atoms with Crippen molar-refractivity contribution in [2.75, 3.05) is 7.11 Å². The molecule has 0 bridgehead atoms. The number of amides is 2. The number of rotatable bonds is 9. The molecule has 1 aromatic heterocycles. The molecule has 0 saturated heterocycles. The van der Waals surface area contributed by atoms with Crippen LogP contribution in [0.5, 0.6) is 5.75 Å². The molecule has 0 radical (unpaired) electrons. The van der Waals surface area contributed by atoms with Gasteiger partial charge in [0.05, 0.1) is 24.7 Å². The lowest BCUT2D eigenvalue weighted by molar-refractivity contribution is -0.384. The number of carbonyl (C=O) groups is 2. The van der Waals surface area contributed by atoms with Crippen LogP contribution in [0, 0.1) is 17.0 Å². The van der Waals surface area contributed by atoms with Crippen LogP contribution in [-0.4, -0.2) is 36.1 Å². The van der Waals surface area contributed by atoms with Gasteiger partial charge in [0.25, 0.3) is 11.6 Å². The zero-order valence-electron chi connectivity index (χ0n) is 18.9. The maximum absolute atomic E-state index is 12.2. The molecular formula is C24H24N4O6. The van der Waals surface area contributed by atoms with Crippen LogP contribution in [0.25, 0.3) is 11.3 Å². The summed E-state index contributed by atoms with van der Waals surface area (Å²) in [5.41, 5.74) is 4.56. The van der Waals surface area contributed by atoms with Gasteiger partial charge in [-0.15, -0.1) is 0 Å². The molecule has 1 atom stereocenters. The molecule has 2 aromatic carbocycles. The van der Waals surface area contributed by atoms with Crippen LogP contribution in [0.2, 0.25) is 0 Å². The molecular weight excluding hydrogens is 440 g/mol. The number of carbonyl (C=O) groups excluding carboxylic acids is 2. The maximum Gasteiger partial charge on any atom is 0.269 e. The van der Waals surface area contributed by atoms with Crippen molar-refractivity contribution in [3.8, 4) is 17.1 Å². The summed E-state index contributed by atoms with van der Waals surface area (Å²) in [6.45, 7) is 3.31. The molecule has 2 N–H and O–H groups in total. The van der Waals surface area contributed by atoms with Crippen LogP contribution in [0.1, 0.15) is 23.8 Å². The lowest BCUT2D eigenvalue weighted by atomic mass is 10.1. The Labute approximate surface area is 195 Å². The monoisotopic (exact) mass is 464 g/mol. The summed E-state index contributed by atoms with van der Waals surface area (Å²) >= 11 is 0. The van der Waals surface area contributed by atoms with Crippen LogP contribution in [0.15, 0.2) is 64.1 Å². The average Bonchev–Trinajstić information content (AvgIpc) is 3.27. The van der Waals surface area contributed by atoms with E-state index in [2.05, 4.69) is 15.8 Å². The van der Waals surface area contributed by atoms with E-state index in [1.54, 1.807) is 63.4 Å². The summed E-state index contributed by atoms with van der Waals surface area (Å²) in [5, 5.41) is 17.4. The summed E-state index contributed by atoms with van der Waals surface area (Å²) in [6.07, 6.45) is 1.45. The van der Waals surface area contributed by atoms with Gasteiger partial charge < -0.3 is 14.5 Å². The Balaban J connectivity index is 1.52. The highest BCUT2D eigenvalue weighted by molar-refractivity contribution is 5.88. The first-order chi connectivity index (χ1) is 16.3. The number of hydrogen-bond acceptors (Lipinski definition) is 7. The van der Waals surface area contributed by atoms with Crippen LogP contribution in [-0.2, 0) is 16.0 Å². The Morgan fingerprint density at radius 1 is 1.18 bits per heavy atom. The number of nitro groups is 1. The van der Waals surface area contributed by atoms with Crippen molar-refractivity contribution < 1.29 is 23.7 Å². The fourth-order valence-corrected chi connectivity index (χ4v) is 3.15. The standard InChI is InChI=1S/C24H24N4O6/c1-15-12-18(28(31)32)6-10-21(15)22-11-9-20(34-22)14-25-27-24(30)16(2)26-23(29)13-17-4-7-19(33-3)8-5-17/h4-12,14,16H,13H2,1-3H3,(H,26,29)(H,27,30)/b25-14-/t16-/m0/s1. The molecule has 0 aliphatic carbocycles. The molecule has 0 unspecified atom stereocenters. The average molecular weight is 464 g/mol. The summed E-state index contributed by atoms with van der Waals surface area (Å²) in [6, 6.07) is 14.1. The third-order valence-corrected chi connectivity index (χ3v) is 4.97. The first-order valence-corrected chi connectivity index (χ1v) is 10.4. The Morgan fingerprint density at radius 2 is 1.91 bits per heavy atom. The van der Waals surface area contributed by atoms with Crippen LogP contribution in [0.3, 0.4) is 0 Å². The Kier molecular flexibility index (Phi) is 7.75. The molecule has 3 rings (SSSR count). The number of aryl methyl sites for hydroxylation is 1. The van der Waals surface area contributed by atoms with E-state index in [1.165, 1.54) is 18.3 Å². The SMILES string of the molecule is COc1ccc(CC(=O)N[C@@H](C)C(=O)N/N=C\c2ccc(-c3ccc([N+](=O)[O-])cc3C)o2)cc1. The van der Waals surface area contributed by atoms with Crippen molar-refractivity contribution in [2.24, 2.45) is 5.10 Å². The highest BCUT2D eigenvalue weighted by atomic mass is 16.6. The predicted molar refractivity (Wildman–Crippen MR) is 126 cm³/mol. The van der Waals surface area contributed by atoms with E-state index in [9.17, 15) is 19.7 Å². The molecule has 2 amide bonds. The Bertz CT molecular complexity index is 1220. The fraction of sp³-hybridized carbons (Fsp3) is 0.208. The molecule has 1 heterocycles. The van der Waals surface area contributed by atoms with E-state index < -0.39 is 16.9 Å². The normalized spacial score (nSPS) is 11.7. The van der Waals surface area contributed by atoms with Crippen molar-refractivity contribution >= 4 is 23.7 Å². The maximum atomic E-state index is 12.2. The van der Waals surface area contributed by atoms with Crippen molar-refractivity contribution in [2.45, 2.75) is 26.3 Å². The second-order valence-corrected chi connectivity index (χ2v) is 7.51. The minimum absolute atomic E-state index is 0.00233. The fourth-order valence-electron chi connectivity index (χ4n) is 3.15. The Hall–Kier alpha value is -4.47. The van der Waals surface area contributed by atoms with E-state index in [1.807, 2.05) is 0 Å². The lowest BCUT2D eigenvalue weighted by Gasteiger charge is -2.12. The number of hydrogen-bond donors (Lipinski definition) is 2. The van der Waals surface area contributed by atoms with E-state index in [0.717, 1.165) is 5.56 Å². The van der Waals surface area contributed by atoms with Gasteiger partial charge in [-0.25, -0.2) is 5.43 Å². The first kappa shape index (κ1) is 24.2. The van der Waals surface area contributed by atoms with Crippen LogP contribution < -0.4 is 15.5 Å². The first-order valence-electron chi connectivity index (χ1n) is 10.4. The summed E-state index contributed by atoms with van der Waals surface area (Å²) < 4.78 is 10.8. The molecule has 3 aromatic rings. The minimum atomic E-state index is -0.794. The molecule has 34 heavy (non-hydrogen) atoms. The van der Waals surface area contributed by atoms with Gasteiger partial charge in [0, 0.05) is 17.7 Å². The Morgan fingerprint density at radius 3 is 2.56 bits per heavy atom. The lowest BCUT2D eigenvalue weighted by Crippen LogP contribution is -2.43. The third kappa shape index (κ3) is 6.28. The van der Waals surface area contributed by atoms with Gasteiger partial charge in [-0.1, -0.05) is 12.1 Å². The molecule has 10 nitrogen and oxygen atoms in total. The quantitative estimate of drug-likeness (QED) is 0.283. The van der Waals surface area contributed by atoms with Crippen molar-refractivity contribution in [3.63, 3.8) is 0 Å². The molecule has 0 saturated carbocycles. The predicted octanol–water partition coefficient (Wildman–Crippen LogP) is 3.37. The van der Waals surface area contributed by atoms with Crippen LogP contribution in [0.4, 0.5) is 5.69 Å². The number of nitrogens with one attached hydrogen (secondary N) is 2. The molecule has 10 heteroatoms. The highest BCUT2D eigenvalue weighted by Gasteiger charge is 2.16. The van der Waals surface area contributed by atoms with Crippen molar-refractivity contribution in [1.29, 1.82) is 0 Å². The molecule has 0 aliphatic rings. The highest BCUT2D eigenvalue weighted by Crippen LogP contribution is 2.28. The van der Waals surface area contributed by atoms with Crippen molar-refractivity contribution in [1.82, 2.24) is 10.7 Å². The zero-order chi connectivity index (χ0) is 24.7. The third-order valence-electron chi connectivity index (χ3n) is 4.97. The second-order valence-electron chi connectivity index (χ2n) is 7.51. The van der Waals surface area contributed by atoms with Gasteiger partial charge in [-0.3, -0.25) is 19.7 Å². The molecule has 0 spiro atoms. The largest absolute Gasteiger partial charge is 0.497 e. The van der Waals surface area contributed by atoms with Gasteiger partial charge in [-0.2, -0.15) is 5.10 Å². The van der Waals surface area contributed by atoms with Gasteiger partial charge in [-0.05, 0) is 55.3 Å². The molecule has 0 aliphatic heterocycles.